The number of likely N-dealkylation sites (N-methyl/N-ethyl adjacent to an activating group) is 1. The second-order valence-corrected chi connectivity index (χ2v) is 8.32. The lowest BCUT2D eigenvalue weighted by molar-refractivity contribution is -0.146. The molecular formula is C22H36N2O4. The summed E-state index contributed by atoms with van der Waals surface area (Å²) in [5.74, 6) is 0.193. The topological polar surface area (TPSA) is 67.9 Å². The number of methoxy groups -OCH3 is 1. The molecule has 158 valence electrons. The molecule has 0 unspecified atom stereocenters. The van der Waals surface area contributed by atoms with Crippen LogP contribution in [-0.4, -0.2) is 55.9 Å². The molecule has 1 rings (SSSR count). The average Bonchev–Trinajstić information content (AvgIpc) is 2.63. The summed E-state index contributed by atoms with van der Waals surface area (Å²) in [6.07, 6.45) is 2.02. The number of carbonyl (C=O) groups is 2. The van der Waals surface area contributed by atoms with Crippen LogP contribution in [0.5, 0.6) is 0 Å². The maximum absolute atomic E-state index is 12.2. The highest BCUT2D eigenvalue weighted by molar-refractivity contribution is 5.76. The molecule has 0 aliphatic carbocycles. The zero-order valence-electron chi connectivity index (χ0n) is 18.2. The first-order valence-corrected chi connectivity index (χ1v) is 9.91. The summed E-state index contributed by atoms with van der Waals surface area (Å²) in [5.41, 5.74) is 0.624. The van der Waals surface area contributed by atoms with E-state index in [0.29, 0.717) is 18.9 Å². The molecule has 1 N–H and O–H groups in total. The molecule has 6 heteroatoms. The van der Waals surface area contributed by atoms with Crippen molar-refractivity contribution in [1.29, 1.82) is 0 Å². The Morgan fingerprint density at radius 3 is 2.36 bits per heavy atom. The van der Waals surface area contributed by atoms with Gasteiger partial charge in [-0.05, 0) is 65.1 Å². The highest BCUT2D eigenvalue weighted by atomic mass is 16.6. The van der Waals surface area contributed by atoms with Gasteiger partial charge in [0.25, 0.3) is 0 Å². The summed E-state index contributed by atoms with van der Waals surface area (Å²) in [6.45, 7) is 9.04. The van der Waals surface area contributed by atoms with Crippen LogP contribution >= 0.6 is 0 Å². The van der Waals surface area contributed by atoms with Crippen LogP contribution < -0.4 is 5.32 Å². The minimum absolute atomic E-state index is 0.217. The van der Waals surface area contributed by atoms with E-state index in [4.69, 9.17) is 9.47 Å². The highest BCUT2D eigenvalue weighted by Gasteiger charge is 2.24. The maximum atomic E-state index is 12.2. The standard InChI is InChI=1S/C22H36N2O4/c1-17(12-14-23-21(26)28-22(2,3)4)13-15-24(5)19(20(25)27-6)16-18-10-8-7-9-11-18/h7-11,17,19H,12-16H2,1-6H3,(H,23,26)/t17-,19+/m1/s1. The van der Waals surface area contributed by atoms with E-state index in [1.165, 1.54) is 7.11 Å². The van der Waals surface area contributed by atoms with Crippen molar-refractivity contribution in [3.63, 3.8) is 0 Å². The first-order valence-electron chi connectivity index (χ1n) is 9.91. The third-order valence-corrected chi connectivity index (χ3v) is 4.56. The molecule has 6 nitrogen and oxygen atoms in total. The van der Waals surface area contributed by atoms with Gasteiger partial charge >= 0.3 is 12.1 Å². The Balaban J connectivity index is 2.43. The number of ether oxygens (including phenoxy) is 2. The molecule has 0 aliphatic heterocycles. The minimum atomic E-state index is -0.486. The van der Waals surface area contributed by atoms with Gasteiger partial charge in [-0.3, -0.25) is 9.69 Å². The number of carbonyl (C=O) groups excluding carboxylic acids is 2. The quantitative estimate of drug-likeness (QED) is 0.616. The van der Waals surface area contributed by atoms with E-state index in [0.717, 1.165) is 24.9 Å². The van der Waals surface area contributed by atoms with Crippen molar-refractivity contribution in [2.24, 2.45) is 5.92 Å². The molecule has 1 amide bonds. The van der Waals surface area contributed by atoms with Crippen LogP contribution in [0.2, 0.25) is 0 Å². The smallest absolute Gasteiger partial charge is 0.407 e. The number of amides is 1. The second kappa shape index (κ2) is 11.7. The molecule has 2 atom stereocenters. The van der Waals surface area contributed by atoms with E-state index in [1.807, 2.05) is 58.2 Å². The monoisotopic (exact) mass is 392 g/mol. The number of hydrogen-bond donors (Lipinski definition) is 1. The molecular weight excluding hydrogens is 356 g/mol. The van der Waals surface area contributed by atoms with E-state index in [9.17, 15) is 9.59 Å². The number of alkyl carbamates (subject to hydrolysis) is 1. The van der Waals surface area contributed by atoms with Crippen LogP contribution in [-0.2, 0) is 20.7 Å². The van der Waals surface area contributed by atoms with Gasteiger partial charge in [0, 0.05) is 6.54 Å². The number of rotatable bonds is 10. The van der Waals surface area contributed by atoms with Crippen LogP contribution in [0.4, 0.5) is 4.79 Å². The van der Waals surface area contributed by atoms with E-state index in [-0.39, 0.29) is 18.1 Å². The largest absolute Gasteiger partial charge is 0.468 e. The van der Waals surface area contributed by atoms with Crippen LogP contribution in [0.1, 0.15) is 46.1 Å². The fourth-order valence-electron chi connectivity index (χ4n) is 2.85. The molecule has 0 saturated heterocycles. The van der Waals surface area contributed by atoms with Crippen molar-refractivity contribution in [2.75, 3.05) is 27.2 Å². The van der Waals surface area contributed by atoms with Gasteiger partial charge in [0.15, 0.2) is 0 Å². The molecule has 0 spiro atoms. The fourth-order valence-corrected chi connectivity index (χ4v) is 2.85. The second-order valence-electron chi connectivity index (χ2n) is 8.32. The Bertz CT molecular complexity index is 598. The lowest BCUT2D eigenvalue weighted by atomic mass is 10.0. The first kappa shape index (κ1) is 24.0. The van der Waals surface area contributed by atoms with Gasteiger partial charge < -0.3 is 14.8 Å². The summed E-state index contributed by atoms with van der Waals surface area (Å²) in [6, 6.07) is 9.66. The molecule has 1 aromatic carbocycles. The highest BCUT2D eigenvalue weighted by Crippen LogP contribution is 2.13. The Morgan fingerprint density at radius 1 is 1.14 bits per heavy atom. The normalized spacial score (nSPS) is 13.7. The van der Waals surface area contributed by atoms with Crippen LogP contribution in [0.25, 0.3) is 0 Å². The SMILES string of the molecule is COC(=O)[C@H](Cc1ccccc1)N(C)CC[C@H](C)CCNC(=O)OC(C)(C)C. The van der Waals surface area contributed by atoms with Gasteiger partial charge in [0.1, 0.15) is 11.6 Å². The van der Waals surface area contributed by atoms with E-state index < -0.39 is 5.60 Å². The van der Waals surface area contributed by atoms with Crippen molar-refractivity contribution < 1.29 is 19.1 Å². The number of nitrogens with one attached hydrogen (secondary N) is 1. The lowest BCUT2D eigenvalue weighted by Crippen LogP contribution is -2.42. The number of hydrogen-bond acceptors (Lipinski definition) is 5. The lowest BCUT2D eigenvalue weighted by Gasteiger charge is -2.27. The van der Waals surface area contributed by atoms with Crippen LogP contribution in [0.3, 0.4) is 0 Å². The van der Waals surface area contributed by atoms with Gasteiger partial charge in [0.2, 0.25) is 0 Å². The zero-order chi connectivity index (χ0) is 21.2. The van der Waals surface area contributed by atoms with Gasteiger partial charge in [-0.2, -0.15) is 0 Å². The Morgan fingerprint density at radius 2 is 1.79 bits per heavy atom. The Labute approximate surface area is 169 Å². The van der Waals surface area contributed by atoms with Gasteiger partial charge in [-0.15, -0.1) is 0 Å². The summed E-state index contributed by atoms with van der Waals surface area (Å²) in [4.78, 5) is 26.0. The van der Waals surface area contributed by atoms with E-state index >= 15 is 0 Å². The van der Waals surface area contributed by atoms with Gasteiger partial charge in [-0.25, -0.2) is 4.79 Å². The number of esters is 1. The summed E-state index contributed by atoms with van der Waals surface area (Å²) >= 11 is 0. The maximum Gasteiger partial charge on any atom is 0.407 e. The fraction of sp³-hybridized carbons (Fsp3) is 0.636. The van der Waals surface area contributed by atoms with Crippen LogP contribution in [0, 0.1) is 5.92 Å². The Hall–Kier alpha value is -2.08. The molecule has 0 heterocycles. The first-order chi connectivity index (χ1) is 13.1. The van der Waals surface area contributed by atoms with Crippen molar-refractivity contribution in [3.8, 4) is 0 Å². The minimum Gasteiger partial charge on any atom is -0.468 e. The van der Waals surface area contributed by atoms with Crippen molar-refractivity contribution in [3.05, 3.63) is 35.9 Å². The molecule has 0 aliphatic rings. The third kappa shape index (κ3) is 9.74. The molecule has 0 saturated carbocycles. The molecule has 0 aromatic heterocycles. The average molecular weight is 393 g/mol. The predicted molar refractivity (Wildman–Crippen MR) is 111 cm³/mol. The number of benzene rings is 1. The summed E-state index contributed by atoms with van der Waals surface area (Å²) in [5, 5.41) is 2.79. The van der Waals surface area contributed by atoms with Gasteiger partial charge in [-0.1, -0.05) is 37.3 Å². The molecule has 0 fully saturated rings. The van der Waals surface area contributed by atoms with Crippen LogP contribution in [0.15, 0.2) is 30.3 Å². The van der Waals surface area contributed by atoms with Gasteiger partial charge in [0.05, 0.1) is 7.11 Å². The molecule has 28 heavy (non-hydrogen) atoms. The Kier molecular flexibility index (Phi) is 10.0. The molecule has 0 radical (unpaired) electrons. The summed E-state index contributed by atoms with van der Waals surface area (Å²) < 4.78 is 10.2. The van der Waals surface area contributed by atoms with Crippen molar-refractivity contribution >= 4 is 12.1 Å². The predicted octanol–water partition coefficient (Wildman–Crippen LogP) is 3.64. The zero-order valence-corrected chi connectivity index (χ0v) is 18.2. The van der Waals surface area contributed by atoms with E-state index in [2.05, 4.69) is 17.1 Å². The summed E-state index contributed by atoms with van der Waals surface area (Å²) in [7, 11) is 3.38. The number of nitrogens with zero attached hydrogens (tertiary/aromatic N) is 1. The molecule has 0 bridgehead atoms. The molecule has 1 aromatic rings. The van der Waals surface area contributed by atoms with Crippen molar-refractivity contribution in [1.82, 2.24) is 10.2 Å². The van der Waals surface area contributed by atoms with Crippen molar-refractivity contribution in [2.45, 2.75) is 58.6 Å². The third-order valence-electron chi connectivity index (χ3n) is 4.56. The van der Waals surface area contributed by atoms with E-state index in [1.54, 1.807) is 0 Å².